The Morgan fingerprint density at radius 2 is 1.76 bits per heavy atom. The Hall–Kier alpha value is -1.31. The van der Waals surface area contributed by atoms with E-state index in [2.05, 4.69) is 12.1 Å². The van der Waals surface area contributed by atoms with Crippen molar-refractivity contribution in [1.29, 1.82) is 0 Å². The third-order valence-electron chi connectivity index (χ3n) is 3.89. The Bertz CT molecular complexity index is 393. The summed E-state index contributed by atoms with van der Waals surface area (Å²) in [6.07, 6.45) is 6.81. The van der Waals surface area contributed by atoms with Crippen LogP contribution in [0, 0.1) is 5.92 Å². The maximum atomic E-state index is 5.75. The molecule has 0 saturated heterocycles. The molecule has 2 aliphatic rings. The molecule has 1 heterocycles. The Morgan fingerprint density at radius 3 is 2.53 bits per heavy atom. The lowest BCUT2D eigenvalue weighted by molar-refractivity contribution is 0.240. The van der Waals surface area contributed by atoms with Gasteiger partial charge in [-0.25, -0.2) is 4.99 Å². The largest absolute Gasteiger partial charge is 0.475 e. The van der Waals surface area contributed by atoms with E-state index in [1.807, 2.05) is 18.2 Å². The number of hydrogen-bond acceptors (Lipinski definition) is 2. The van der Waals surface area contributed by atoms with Crippen LogP contribution in [0.4, 0.5) is 0 Å². The molecule has 1 aromatic carbocycles. The molecule has 0 aromatic heterocycles. The van der Waals surface area contributed by atoms with Crippen molar-refractivity contribution in [3.05, 3.63) is 35.9 Å². The van der Waals surface area contributed by atoms with Crippen LogP contribution in [0.25, 0.3) is 0 Å². The van der Waals surface area contributed by atoms with Crippen molar-refractivity contribution in [2.24, 2.45) is 10.9 Å². The molecule has 1 aromatic rings. The minimum Gasteiger partial charge on any atom is -0.475 e. The van der Waals surface area contributed by atoms with Crippen molar-refractivity contribution in [3.63, 3.8) is 0 Å². The zero-order valence-electron chi connectivity index (χ0n) is 10.1. The van der Waals surface area contributed by atoms with Gasteiger partial charge in [-0.1, -0.05) is 37.5 Å². The van der Waals surface area contributed by atoms with Crippen LogP contribution in [-0.2, 0) is 4.74 Å². The Balaban J connectivity index is 1.72. The predicted molar refractivity (Wildman–Crippen MR) is 69.3 cm³/mol. The van der Waals surface area contributed by atoms with E-state index in [4.69, 9.17) is 9.73 Å². The zero-order chi connectivity index (χ0) is 11.5. The first-order valence-electron chi connectivity index (χ1n) is 6.69. The van der Waals surface area contributed by atoms with Crippen LogP contribution in [0.3, 0.4) is 0 Å². The van der Waals surface area contributed by atoms with Crippen LogP contribution < -0.4 is 0 Å². The summed E-state index contributed by atoms with van der Waals surface area (Å²) in [5.41, 5.74) is 1.12. The second kappa shape index (κ2) is 4.91. The number of benzene rings is 1. The highest BCUT2D eigenvalue weighted by Crippen LogP contribution is 2.30. The van der Waals surface area contributed by atoms with Gasteiger partial charge in [0, 0.05) is 5.56 Å². The predicted octanol–water partition coefficient (Wildman–Crippen LogP) is 3.41. The highest BCUT2D eigenvalue weighted by atomic mass is 16.5. The average Bonchev–Trinajstić information content (AvgIpc) is 2.90. The fraction of sp³-hybridized carbons (Fsp3) is 0.533. The average molecular weight is 229 g/mol. The van der Waals surface area contributed by atoms with Crippen molar-refractivity contribution in [2.45, 2.75) is 38.1 Å². The number of ether oxygens (including phenoxy) is 1. The summed E-state index contributed by atoms with van der Waals surface area (Å²) in [6, 6.07) is 10.7. The Kier molecular flexibility index (Phi) is 3.12. The fourth-order valence-corrected chi connectivity index (χ4v) is 2.89. The van der Waals surface area contributed by atoms with E-state index in [0.717, 1.165) is 24.0 Å². The van der Waals surface area contributed by atoms with Gasteiger partial charge >= 0.3 is 0 Å². The summed E-state index contributed by atoms with van der Waals surface area (Å²) in [7, 11) is 0. The first-order valence-corrected chi connectivity index (χ1v) is 6.69. The van der Waals surface area contributed by atoms with E-state index in [0.29, 0.717) is 6.04 Å². The molecule has 0 amide bonds. The van der Waals surface area contributed by atoms with E-state index in [-0.39, 0.29) is 0 Å². The van der Waals surface area contributed by atoms with Gasteiger partial charge in [-0.15, -0.1) is 0 Å². The number of nitrogens with zero attached hydrogens (tertiary/aromatic N) is 1. The van der Waals surface area contributed by atoms with Crippen LogP contribution in [0.15, 0.2) is 35.3 Å². The molecular weight excluding hydrogens is 210 g/mol. The summed E-state index contributed by atoms with van der Waals surface area (Å²) in [5.74, 6) is 1.60. The molecule has 1 aliphatic heterocycles. The first-order chi connectivity index (χ1) is 8.43. The first kappa shape index (κ1) is 10.8. The minimum absolute atomic E-state index is 0.408. The van der Waals surface area contributed by atoms with Gasteiger partial charge in [-0.05, 0) is 30.9 Å². The summed E-state index contributed by atoms with van der Waals surface area (Å²) in [6.45, 7) is 0.787. The second-order valence-corrected chi connectivity index (χ2v) is 5.08. The van der Waals surface area contributed by atoms with Gasteiger partial charge in [0.1, 0.15) is 6.61 Å². The van der Waals surface area contributed by atoms with Gasteiger partial charge < -0.3 is 4.74 Å². The summed E-state index contributed by atoms with van der Waals surface area (Å²) >= 11 is 0. The quantitative estimate of drug-likeness (QED) is 0.761. The molecule has 2 nitrogen and oxygen atoms in total. The van der Waals surface area contributed by atoms with E-state index < -0.39 is 0 Å². The molecule has 1 aliphatic carbocycles. The van der Waals surface area contributed by atoms with E-state index in [1.165, 1.54) is 32.1 Å². The van der Waals surface area contributed by atoms with Gasteiger partial charge in [0.25, 0.3) is 0 Å². The molecule has 1 saturated carbocycles. The maximum Gasteiger partial charge on any atom is 0.216 e. The summed E-state index contributed by atoms with van der Waals surface area (Å²) in [4.78, 5) is 4.78. The molecule has 0 unspecified atom stereocenters. The molecule has 3 rings (SSSR count). The monoisotopic (exact) mass is 229 g/mol. The van der Waals surface area contributed by atoms with Crippen molar-refractivity contribution >= 4 is 5.90 Å². The third-order valence-corrected chi connectivity index (χ3v) is 3.89. The van der Waals surface area contributed by atoms with Crippen molar-refractivity contribution in [2.75, 3.05) is 6.61 Å². The molecule has 0 radical (unpaired) electrons. The van der Waals surface area contributed by atoms with Crippen LogP contribution >= 0.6 is 0 Å². The smallest absolute Gasteiger partial charge is 0.216 e. The van der Waals surface area contributed by atoms with Gasteiger partial charge in [-0.3, -0.25) is 0 Å². The normalized spacial score (nSPS) is 25.4. The Labute approximate surface area is 103 Å². The lowest BCUT2D eigenvalue weighted by atomic mass is 9.84. The molecule has 17 heavy (non-hydrogen) atoms. The molecule has 1 atom stereocenters. The molecule has 1 fully saturated rings. The SMILES string of the molecule is c1ccc(C2=N[C@H](C3CCCCC3)CO2)cc1. The van der Waals surface area contributed by atoms with Crippen molar-refractivity contribution < 1.29 is 4.74 Å². The van der Waals surface area contributed by atoms with Gasteiger partial charge in [0.15, 0.2) is 0 Å². The van der Waals surface area contributed by atoms with Crippen LogP contribution in [0.1, 0.15) is 37.7 Å². The van der Waals surface area contributed by atoms with Crippen molar-refractivity contribution in [1.82, 2.24) is 0 Å². The van der Waals surface area contributed by atoms with Crippen LogP contribution in [-0.4, -0.2) is 18.5 Å². The van der Waals surface area contributed by atoms with Gasteiger partial charge in [0.2, 0.25) is 5.90 Å². The summed E-state index contributed by atoms with van der Waals surface area (Å²) in [5, 5.41) is 0. The zero-order valence-corrected chi connectivity index (χ0v) is 10.1. The molecular formula is C15H19NO. The lowest BCUT2D eigenvalue weighted by Gasteiger charge is -2.24. The minimum atomic E-state index is 0.408. The highest BCUT2D eigenvalue weighted by molar-refractivity contribution is 5.95. The van der Waals surface area contributed by atoms with Gasteiger partial charge in [0.05, 0.1) is 6.04 Å². The molecule has 0 N–H and O–H groups in total. The standard InChI is InChI=1S/C15H19NO/c1-3-7-12(8-4-1)14-11-17-15(16-14)13-9-5-2-6-10-13/h2,5-6,9-10,12,14H,1,3-4,7-8,11H2/t14-/m0/s1. The molecule has 2 heteroatoms. The number of rotatable bonds is 2. The summed E-state index contributed by atoms with van der Waals surface area (Å²) < 4.78 is 5.75. The van der Waals surface area contributed by atoms with Gasteiger partial charge in [-0.2, -0.15) is 0 Å². The second-order valence-electron chi connectivity index (χ2n) is 5.08. The number of hydrogen-bond donors (Lipinski definition) is 0. The van der Waals surface area contributed by atoms with E-state index in [9.17, 15) is 0 Å². The highest BCUT2D eigenvalue weighted by Gasteiger charge is 2.28. The van der Waals surface area contributed by atoms with E-state index >= 15 is 0 Å². The van der Waals surface area contributed by atoms with Crippen LogP contribution in [0.2, 0.25) is 0 Å². The topological polar surface area (TPSA) is 21.6 Å². The Morgan fingerprint density at radius 1 is 1.00 bits per heavy atom. The maximum absolute atomic E-state index is 5.75. The van der Waals surface area contributed by atoms with Crippen molar-refractivity contribution in [3.8, 4) is 0 Å². The fourth-order valence-electron chi connectivity index (χ4n) is 2.89. The molecule has 0 spiro atoms. The number of aliphatic imine (C=N–C) groups is 1. The molecule has 90 valence electrons. The lowest BCUT2D eigenvalue weighted by Crippen LogP contribution is -2.22. The molecule has 0 bridgehead atoms. The van der Waals surface area contributed by atoms with E-state index in [1.54, 1.807) is 0 Å². The third kappa shape index (κ3) is 2.36. The van der Waals surface area contributed by atoms with Crippen LogP contribution in [0.5, 0.6) is 0 Å².